The fraction of sp³-hybridized carbons (Fsp3) is 0.692. The lowest BCUT2D eigenvalue weighted by molar-refractivity contribution is 0.127. The van der Waals surface area contributed by atoms with Crippen molar-refractivity contribution in [3.05, 3.63) is 20.8 Å². The van der Waals surface area contributed by atoms with Crippen LogP contribution in [0.25, 0.3) is 0 Å². The van der Waals surface area contributed by atoms with Gasteiger partial charge in [0.15, 0.2) is 0 Å². The highest BCUT2D eigenvalue weighted by Crippen LogP contribution is 2.43. The Labute approximate surface area is 126 Å². The molecule has 1 aromatic rings. The maximum Gasteiger partial charge on any atom is 0.0666 e. The number of thiophene rings is 1. The summed E-state index contributed by atoms with van der Waals surface area (Å²) in [6, 6.07) is 2.42. The van der Waals surface area contributed by atoms with Gasteiger partial charge in [-0.2, -0.15) is 0 Å². The highest BCUT2D eigenvalue weighted by molar-refractivity contribution is 9.10. The van der Waals surface area contributed by atoms with Crippen molar-refractivity contribution in [2.75, 3.05) is 6.61 Å². The molecule has 0 aliphatic carbocycles. The van der Waals surface area contributed by atoms with Crippen LogP contribution in [0.15, 0.2) is 15.9 Å². The van der Waals surface area contributed by atoms with Crippen molar-refractivity contribution in [1.82, 2.24) is 0 Å². The van der Waals surface area contributed by atoms with Crippen molar-refractivity contribution in [3.63, 3.8) is 0 Å². The van der Waals surface area contributed by atoms with E-state index in [2.05, 4.69) is 41.2 Å². The molecule has 1 fully saturated rings. The molecule has 2 N–H and O–H groups in total. The second kappa shape index (κ2) is 6.75. The summed E-state index contributed by atoms with van der Waals surface area (Å²) >= 11 is 7.33. The summed E-state index contributed by atoms with van der Waals surface area (Å²) in [5.74, 6) is 0. The molecule has 0 aromatic carbocycles. The van der Waals surface area contributed by atoms with Crippen molar-refractivity contribution in [2.24, 2.45) is 5.73 Å². The van der Waals surface area contributed by atoms with Gasteiger partial charge in [-0.25, -0.2) is 0 Å². The predicted molar refractivity (Wildman–Crippen MR) is 84.4 cm³/mol. The third-order valence-corrected chi connectivity index (χ3v) is 7.15. The van der Waals surface area contributed by atoms with Gasteiger partial charge in [0, 0.05) is 32.6 Å². The number of hydrogen-bond donors (Lipinski definition) is 1. The van der Waals surface area contributed by atoms with E-state index in [1.54, 1.807) is 11.3 Å². The first-order chi connectivity index (χ1) is 8.61. The molecular formula is C13H20BrNOS2. The van der Waals surface area contributed by atoms with E-state index in [1.165, 1.54) is 4.88 Å². The van der Waals surface area contributed by atoms with Crippen molar-refractivity contribution in [2.45, 2.75) is 49.3 Å². The molecule has 1 aliphatic rings. The first-order valence-corrected chi connectivity index (χ1v) is 9.00. The Hall–Kier alpha value is 0.450. The van der Waals surface area contributed by atoms with Crippen LogP contribution in [0.3, 0.4) is 0 Å². The van der Waals surface area contributed by atoms with Gasteiger partial charge in [0.05, 0.1) is 11.4 Å². The van der Waals surface area contributed by atoms with Crippen molar-refractivity contribution in [3.8, 4) is 0 Å². The summed E-state index contributed by atoms with van der Waals surface area (Å²) in [6.45, 7) is 5.22. The fourth-order valence-corrected chi connectivity index (χ4v) is 5.49. The Balaban J connectivity index is 2.10. The first-order valence-electron chi connectivity index (χ1n) is 6.38. The van der Waals surface area contributed by atoms with Crippen LogP contribution in [0.4, 0.5) is 0 Å². The molecule has 0 bridgehead atoms. The first kappa shape index (κ1) is 14.9. The molecule has 2 rings (SSSR count). The standard InChI is InChI=1S/C13H20BrNOS2/c1-3-10(15)13(12-6-9(14)7-17-12)18-11-4-5-16-8(11)2/h6-8,10-11,13H,3-5,15H2,1-2H3. The summed E-state index contributed by atoms with van der Waals surface area (Å²) < 4.78 is 6.81. The minimum atomic E-state index is 0.216. The molecule has 5 heteroatoms. The predicted octanol–water partition coefficient (Wildman–Crippen LogP) is 4.20. The van der Waals surface area contributed by atoms with Gasteiger partial charge in [-0.15, -0.1) is 23.1 Å². The van der Waals surface area contributed by atoms with Crippen molar-refractivity contribution >= 4 is 39.0 Å². The van der Waals surface area contributed by atoms with Crippen LogP contribution < -0.4 is 5.73 Å². The Morgan fingerprint density at radius 3 is 2.94 bits per heavy atom. The number of nitrogens with two attached hydrogens (primary N) is 1. The number of halogens is 1. The molecular weight excluding hydrogens is 330 g/mol. The maximum atomic E-state index is 6.31. The molecule has 4 atom stereocenters. The lowest BCUT2D eigenvalue weighted by Gasteiger charge is -2.25. The van der Waals surface area contributed by atoms with E-state index in [0.29, 0.717) is 16.6 Å². The largest absolute Gasteiger partial charge is 0.377 e. The zero-order valence-corrected chi connectivity index (χ0v) is 14.0. The van der Waals surface area contributed by atoms with Crippen molar-refractivity contribution < 1.29 is 4.74 Å². The van der Waals surface area contributed by atoms with Crippen LogP contribution in [-0.2, 0) is 4.74 Å². The van der Waals surface area contributed by atoms with Gasteiger partial charge in [-0.3, -0.25) is 0 Å². The second-order valence-corrected chi connectivity index (χ2v) is 7.94. The lowest BCUT2D eigenvalue weighted by atomic mass is 10.1. The van der Waals surface area contributed by atoms with E-state index in [0.717, 1.165) is 23.9 Å². The van der Waals surface area contributed by atoms with E-state index in [4.69, 9.17) is 10.5 Å². The smallest absolute Gasteiger partial charge is 0.0666 e. The van der Waals surface area contributed by atoms with Crippen LogP contribution >= 0.6 is 39.0 Å². The zero-order chi connectivity index (χ0) is 13.1. The van der Waals surface area contributed by atoms with Crippen LogP contribution in [0.5, 0.6) is 0 Å². The highest BCUT2D eigenvalue weighted by Gasteiger charge is 2.31. The molecule has 18 heavy (non-hydrogen) atoms. The van der Waals surface area contributed by atoms with Gasteiger partial charge in [-0.05, 0) is 41.8 Å². The molecule has 0 radical (unpaired) electrons. The molecule has 4 unspecified atom stereocenters. The maximum absolute atomic E-state index is 6.31. The molecule has 1 saturated heterocycles. The Kier molecular flexibility index (Phi) is 5.57. The normalized spacial score (nSPS) is 27.3. The summed E-state index contributed by atoms with van der Waals surface area (Å²) in [4.78, 5) is 1.38. The minimum absolute atomic E-state index is 0.216. The number of ether oxygens (including phenoxy) is 1. The van der Waals surface area contributed by atoms with E-state index >= 15 is 0 Å². The number of rotatable bonds is 5. The van der Waals surface area contributed by atoms with Gasteiger partial charge in [0.1, 0.15) is 0 Å². The monoisotopic (exact) mass is 349 g/mol. The molecule has 102 valence electrons. The van der Waals surface area contributed by atoms with E-state index < -0.39 is 0 Å². The molecule has 2 nitrogen and oxygen atoms in total. The molecule has 1 aliphatic heterocycles. The van der Waals surface area contributed by atoms with Crippen LogP contribution in [-0.4, -0.2) is 24.0 Å². The number of thioether (sulfide) groups is 1. The molecule has 2 heterocycles. The molecule has 0 saturated carbocycles. The molecule has 1 aromatic heterocycles. The summed E-state index contributed by atoms with van der Waals surface area (Å²) in [5, 5.41) is 3.11. The second-order valence-electron chi connectivity index (χ2n) is 4.70. The van der Waals surface area contributed by atoms with Gasteiger partial charge in [0.25, 0.3) is 0 Å². The summed E-state index contributed by atoms with van der Waals surface area (Å²) in [6.07, 6.45) is 2.51. The quantitative estimate of drug-likeness (QED) is 0.864. The third kappa shape index (κ3) is 3.51. The van der Waals surface area contributed by atoms with Crippen LogP contribution in [0.2, 0.25) is 0 Å². The van der Waals surface area contributed by atoms with Crippen LogP contribution in [0.1, 0.15) is 36.8 Å². The topological polar surface area (TPSA) is 35.2 Å². The Morgan fingerprint density at radius 2 is 2.44 bits per heavy atom. The Bertz CT molecular complexity index is 385. The van der Waals surface area contributed by atoms with E-state index in [-0.39, 0.29) is 6.04 Å². The highest BCUT2D eigenvalue weighted by atomic mass is 79.9. The van der Waals surface area contributed by atoms with Gasteiger partial charge in [0.2, 0.25) is 0 Å². The van der Waals surface area contributed by atoms with Gasteiger partial charge >= 0.3 is 0 Å². The molecule has 0 spiro atoms. The third-order valence-electron chi connectivity index (χ3n) is 3.36. The van der Waals surface area contributed by atoms with Gasteiger partial charge in [-0.1, -0.05) is 6.92 Å². The van der Waals surface area contributed by atoms with E-state index in [9.17, 15) is 0 Å². The zero-order valence-electron chi connectivity index (χ0n) is 10.8. The summed E-state index contributed by atoms with van der Waals surface area (Å²) in [5.41, 5.74) is 6.31. The number of hydrogen-bond acceptors (Lipinski definition) is 4. The average Bonchev–Trinajstić information content (AvgIpc) is 2.94. The van der Waals surface area contributed by atoms with Crippen LogP contribution in [0, 0.1) is 0 Å². The van der Waals surface area contributed by atoms with Gasteiger partial charge < -0.3 is 10.5 Å². The SMILES string of the molecule is CCC(N)C(SC1CCOC1C)c1cc(Br)cs1. The average molecular weight is 350 g/mol. The minimum Gasteiger partial charge on any atom is -0.377 e. The summed E-state index contributed by atoms with van der Waals surface area (Å²) in [7, 11) is 0. The Morgan fingerprint density at radius 1 is 1.67 bits per heavy atom. The van der Waals surface area contributed by atoms with E-state index in [1.807, 2.05) is 11.8 Å². The lowest BCUT2D eigenvalue weighted by Crippen LogP contribution is -2.28. The van der Waals surface area contributed by atoms with Crippen molar-refractivity contribution in [1.29, 1.82) is 0 Å². The fourth-order valence-electron chi connectivity index (χ4n) is 2.15. The molecule has 0 amide bonds.